The smallest absolute Gasteiger partial charge is 0.185 e. The molecule has 2 N–H and O–H groups in total. The van der Waals surface area contributed by atoms with Crippen LogP contribution in [0, 0.1) is 6.92 Å². The number of benzene rings is 1. The number of nitrogen functional groups attached to an aromatic ring is 1. The van der Waals surface area contributed by atoms with Crippen molar-refractivity contribution in [2.75, 3.05) is 17.2 Å². The predicted molar refractivity (Wildman–Crippen MR) is 79.0 cm³/mol. The van der Waals surface area contributed by atoms with E-state index in [-0.39, 0.29) is 0 Å². The van der Waals surface area contributed by atoms with Crippen LogP contribution in [0.1, 0.15) is 24.6 Å². The molecule has 1 heterocycles. The molecule has 1 aromatic heterocycles. The Morgan fingerprint density at radius 2 is 2.00 bits per heavy atom. The average Bonchev–Trinajstić information content (AvgIpc) is 2.78. The lowest BCUT2D eigenvalue weighted by atomic mass is 10.2. The predicted octanol–water partition coefficient (Wildman–Crippen LogP) is 3.45. The van der Waals surface area contributed by atoms with E-state index < -0.39 is 0 Å². The van der Waals surface area contributed by atoms with E-state index in [1.165, 1.54) is 5.56 Å². The quantitative estimate of drug-likeness (QED) is 0.838. The molecule has 0 atom stereocenters. The van der Waals surface area contributed by atoms with E-state index in [4.69, 9.17) is 5.73 Å². The van der Waals surface area contributed by atoms with E-state index in [0.717, 1.165) is 36.0 Å². The van der Waals surface area contributed by atoms with Crippen LogP contribution in [0.5, 0.6) is 0 Å². The van der Waals surface area contributed by atoms with Gasteiger partial charge < -0.3 is 10.6 Å². The molecule has 0 bridgehead atoms. The standard InChI is InChI=1S/C14H19N3S/c1-3-8-17(14-16-11(2)10-18-14)9-12-4-6-13(15)7-5-12/h4-7,10H,3,8-9,15H2,1-2H3. The molecule has 0 aliphatic rings. The maximum absolute atomic E-state index is 5.71. The molecule has 96 valence electrons. The normalized spacial score (nSPS) is 10.6. The van der Waals surface area contributed by atoms with Crippen LogP contribution < -0.4 is 10.6 Å². The summed E-state index contributed by atoms with van der Waals surface area (Å²) in [6.45, 7) is 6.14. The average molecular weight is 261 g/mol. The molecule has 0 saturated heterocycles. The van der Waals surface area contributed by atoms with Crippen LogP contribution in [-0.2, 0) is 6.54 Å². The van der Waals surface area contributed by atoms with Gasteiger partial charge in [-0.2, -0.15) is 0 Å². The molecule has 0 unspecified atom stereocenters. The molecule has 2 rings (SSSR count). The minimum atomic E-state index is 0.811. The third kappa shape index (κ3) is 3.23. The summed E-state index contributed by atoms with van der Waals surface area (Å²) in [6.07, 6.45) is 1.12. The van der Waals surface area contributed by atoms with Gasteiger partial charge in [0.15, 0.2) is 5.13 Å². The maximum Gasteiger partial charge on any atom is 0.185 e. The summed E-state index contributed by atoms with van der Waals surface area (Å²) in [7, 11) is 0. The first-order chi connectivity index (χ1) is 8.69. The van der Waals surface area contributed by atoms with Crippen molar-refractivity contribution in [1.82, 2.24) is 4.98 Å². The maximum atomic E-state index is 5.71. The van der Waals surface area contributed by atoms with Crippen LogP contribution in [0.15, 0.2) is 29.6 Å². The van der Waals surface area contributed by atoms with Gasteiger partial charge in [-0.3, -0.25) is 0 Å². The number of anilines is 2. The van der Waals surface area contributed by atoms with Crippen LogP contribution in [0.2, 0.25) is 0 Å². The highest BCUT2D eigenvalue weighted by Crippen LogP contribution is 2.22. The summed E-state index contributed by atoms with van der Waals surface area (Å²) in [5.74, 6) is 0. The molecule has 18 heavy (non-hydrogen) atoms. The Bertz CT molecular complexity index is 490. The number of aryl methyl sites for hydroxylation is 1. The molecule has 0 fully saturated rings. The third-order valence-corrected chi connectivity index (χ3v) is 3.74. The van der Waals surface area contributed by atoms with E-state index >= 15 is 0 Å². The van der Waals surface area contributed by atoms with E-state index in [2.05, 4.69) is 34.3 Å². The second-order valence-electron chi connectivity index (χ2n) is 4.43. The SMILES string of the molecule is CCCN(Cc1ccc(N)cc1)c1nc(C)cs1. The van der Waals surface area contributed by atoms with Gasteiger partial charge in [0.1, 0.15) is 0 Å². The molecule has 0 amide bonds. The summed E-state index contributed by atoms with van der Waals surface area (Å²) in [5, 5.41) is 3.20. The second kappa shape index (κ2) is 5.87. The Balaban J connectivity index is 2.13. The minimum Gasteiger partial charge on any atom is -0.399 e. The van der Waals surface area contributed by atoms with Crippen LogP contribution in [0.3, 0.4) is 0 Å². The first-order valence-corrected chi connectivity index (χ1v) is 7.08. The Hall–Kier alpha value is -1.55. The summed E-state index contributed by atoms with van der Waals surface area (Å²) >= 11 is 1.71. The second-order valence-corrected chi connectivity index (χ2v) is 5.27. The minimum absolute atomic E-state index is 0.811. The molecule has 0 radical (unpaired) electrons. The molecule has 0 aliphatic heterocycles. The fourth-order valence-electron chi connectivity index (χ4n) is 1.84. The van der Waals surface area contributed by atoms with Gasteiger partial charge >= 0.3 is 0 Å². The monoisotopic (exact) mass is 261 g/mol. The van der Waals surface area contributed by atoms with Crippen molar-refractivity contribution in [3.05, 3.63) is 40.9 Å². The molecule has 2 aromatic rings. The van der Waals surface area contributed by atoms with Gasteiger partial charge in [0, 0.05) is 24.2 Å². The number of nitrogens with two attached hydrogens (primary N) is 1. The Kier molecular flexibility index (Phi) is 4.20. The highest BCUT2D eigenvalue weighted by atomic mass is 32.1. The number of rotatable bonds is 5. The fourth-order valence-corrected chi connectivity index (χ4v) is 2.67. The lowest BCUT2D eigenvalue weighted by Gasteiger charge is -2.21. The van der Waals surface area contributed by atoms with Gasteiger partial charge in [0.25, 0.3) is 0 Å². The van der Waals surface area contributed by atoms with E-state index in [0.29, 0.717) is 0 Å². The number of aromatic nitrogens is 1. The molecule has 0 saturated carbocycles. The molecular formula is C14H19N3S. The molecule has 1 aromatic carbocycles. The van der Waals surface area contributed by atoms with Crippen molar-refractivity contribution in [2.45, 2.75) is 26.8 Å². The van der Waals surface area contributed by atoms with Crippen molar-refractivity contribution in [3.63, 3.8) is 0 Å². The Labute approximate surface area is 112 Å². The van der Waals surface area contributed by atoms with Gasteiger partial charge in [-0.05, 0) is 31.0 Å². The summed E-state index contributed by atoms with van der Waals surface area (Å²) in [4.78, 5) is 6.89. The van der Waals surface area contributed by atoms with E-state index in [1.807, 2.05) is 19.1 Å². The first-order valence-electron chi connectivity index (χ1n) is 6.20. The molecule has 4 heteroatoms. The van der Waals surface area contributed by atoms with Gasteiger partial charge in [0.05, 0.1) is 5.69 Å². The number of thiazole rings is 1. The Morgan fingerprint density at radius 3 is 2.56 bits per heavy atom. The van der Waals surface area contributed by atoms with Crippen LogP contribution in [0.4, 0.5) is 10.8 Å². The van der Waals surface area contributed by atoms with Gasteiger partial charge in [-0.25, -0.2) is 4.98 Å². The molecule has 0 aliphatic carbocycles. The zero-order valence-corrected chi connectivity index (χ0v) is 11.7. The van der Waals surface area contributed by atoms with Gasteiger partial charge in [-0.15, -0.1) is 11.3 Å². The first kappa shape index (κ1) is 12.9. The fraction of sp³-hybridized carbons (Fsp3) is 0.357. The number of nitrogens with zero attached hydrogens (tertiary/aromatic N) is 2. The van der Waals surface area contributed by atoms with Crippen molar-refractivity contribution in [1.29, 1.82) is 0 Å². The number of hydrogen-bond donors (Lipinski definition) is 1. The van der Waals surface area contributed by atoms with Crippen molar-refractivity contribution in [3.8, 4) is 0 Å². The van der Waals surface area contributed by atoms with Gasteiger partial charge in [0.2, 0.25) is 0 Å². The van der Waals surface area contributed by atoms with Crippen LogP contribution >= 0.6 is 11.3 Å². The summed E-state index contributed by atoms with van der Waals surface area (Å²) in [6, 6.07) is 8.07. The van der Waals surface area contributed by atoms with Crippen molar-refractivity contribution in [2.24, 2.45) is 0 Å². The highest BCUT2D eigenvalue weighted by molar-refractivity contribution is 7.13. The number of hydrogen-bond acceptors (Lipinski definition) is 4. The van der Waals surface area contributed by atoms with Gasteiger partial charge in [-0.1, -0.05) is 19.1 Å². The van der Waals surface area contributed by atoms with E-state index in [9.17, 15) is 0 Å². The van der Waals surface area contributed by atoms with E-state index in [1.54, 1.807) is 11.3 Å². The lowest BCUT2D eigenvalue weighted by molar-refractivity contribution is 0.763. The summed E-state index contributed by atoms with van der Waals surface area (Å²) in [5.41, 5.74) is 8.88. The van der Waals surface area contributed by atoms with Crippen LogP contribution in [0.25, 0.3) is 0 Å². The molecule has 0 spiro atoms. The molecule has 3 nitrogen and oxygen atoms in total. The van der Waals surface area contributed by atoms with Crippen molar-refractivity contribution < 1.29 is 0 Å². The Morgan fingerprint density at radius 1 is 1.28 bits per heavy atom. The topological polar surface area (TPSA) is 42.1 Å². The van der Waals surface area contributed by atoms with Crippen LogP contribution in [-0.4, -0.2) is 11.5 Å². The summed E-state index contributed by atoms with van der Waals surface area (Å²) < 4.78 is 0. The zero-order valence-electron chi connectivity index (χ0n) is 10.9. The zero-order chi connectivity index (χ0) is 13.0. The largest absolute Gasteiger partial charge is 0.399 e. The third-order valence-electron chi connectivity index (χ3n) is 2.72. The molecular weight excluding hydrogens is 242 g/mol. The highest BCUT2D eigenvalue weighted by Gasteiger charge is 2.09. The van der Waals surface area contributed by atoms with Crippen molar-refractivity contribution >= 4 is 22.2 Å². The lowest BCUT2D eigenvalue weighted by Crippen LogP contribution is -2.23.